The van der Waals surface area contributed by atoms with Crippen molar-refractivity contribution in [2.75, 3.05) is 20.8 Å². The molecule has 0 bridgehead atoms. The minimum atomic E-state index is -0.332. The lowest BCUT2D eigenvalue weighted by molar-refractivity contribution is 0.0601. The van der Waals surface area contributed by atoms with E-state index in [0.29, 0.717) is 12.2 Å². The minimum Gasteiger partial charge on any atom is -0.465 e. The summed E-state index contributed by atoms with van der Waals surface area (Å²) in [5.74, 6) is -0.332. The Morgan fingerprint density at radius 3 is 2.94 bits per heavy atom. The zero-order valence-corrected chi connectivity index (χ0v) is 10.5. The van der Waals surface area contributed by atoms with E-state index in [9.17, 15) is 4.79 Å². The van der Waals surface area contributed by atoms with Crippen molar-refractivity contribution in [2.45, 2.75) is 13.0 Å². The summed E-state index contributed by atoms with van der Waals surface area (Å²) < 4.78 is 11.7. The van der Waals surface area contributed by atoms with Crippen LogP contribution in [-0.2, 0) is 16.0 Å². The fourth-order valence-electron chi connectivity index (χ4n) is 1.86. The molecule has 0 aliphatic heterocycles. The van der Waals surface area contributed by atoms with Crippen molar-refractivity contribution in [2.24, 2.45) is 0 Å². The number of hydrogen-bond donors (Lipinski definition) is 0. The van der Waals surface area contributed by atoms with E-state index in [-0.39, 0.29) is 5.97 Å². The van der Waals surface area contributed by atoms with Crippen molar-refractivity contribution < 1.29 is 14.3 Å². The average Bonchev–Trinajstić information content (AvgIpc) is 2.81. The summed E-state index contributed by atoms with van der Waals surface area (Å²) in [6, 6.07) is 5.36. The van der Waals surface area contributed by atoms with Gasteiger partial charge in [0.2, 0.25) is 0 Å². The van der Waals surface area contributed by atoms with Gasteiger partial charge in [-0.2, -0.15) is 0 Å². The number of imidazole rings is 1. The van der Waals surface area contributed by atoms with E-state index in [4.69, 9.17) is 9.47 Å². The molecule has 18 heavy (non-hydrogen) atoms. The SMILES string of the molecule is COCCCn1cnc2ccc(C(=O)OC)cc21. The first-order chi connectivity index (χ1) is 8.76. The van der Waals surface area contributed by atoms with E-state index in [2.05, 4.69) is 4.98 Å². The second-order valence-electron chi connectivity index (χ2n) is 3.98. The molecule has 1 heterocycles. The number of nitrogens with zero attached hydrogens (tertiary/aromatic N) is 2. The van der Waals surface area contributed by atoms with Crippen LogP contribution in [-0.4, -0.2) is 36.3 Å². The van der Waals surface area contributed by atoms with Crippen molar-refractivity contribution in [3.63, 3.8) is 0 Å². The number of ether oxygens (including phenoxy) is 2. The van der Waals surface area contributed by atoms with Crippen LogP contribution in [0.5, 0.6) is 0 Å². The van der Waals surface area contributed by atoms with Gasteiger partial charge in [0.25, 0.3) is 0 Å². The lowest BCUT2D eigenvalue weighted by atomic mass is 10.2. The Morgan fingerprint density at radius 1 is 1.39 bits per heavy atom. The number of aryl methyl sites for hydroxylation is 1. The summed E-state index contributed by atoms with van der Waals surface area (Å²) in [4.78, 5) is 15.8. The Hall–Kier alpha value is -1.88. The maximum Gasteiger partial charge on any atom is 0.337 e. The summed E-state index contributed by atoms with van der Waals surface area (Å²) in [6.45, 7) is 1.52. The molecule has 0 atom stereocenters. The average molecular weight is 248 g/mol. The van der Waals surface area contributed by atoms with Gasteiger partial charge < -0.3 is 14.0 Å². The van der Waals surface area contributed by atoms with Crippen LogP contribution in [0.1, 0.15) is 16.8 Å². The van der Waals surface area contributed by atoms with Gasteiger partial charge in [-0.3, -0.25) is 0 Å². The lowest BCUT2D eigenvalue weighted by Gasteiger charge is -2.04. The summed E-state index contributed by atoms with van der Waals surface area (Å²) >= 11 is 0. The molecule has 0 N–H and O–H groups in total. The van der Waals surface area contributed by atoms with Gasteiger partial charge in [0.05, 0.1) is 30.0 Å². The Morgan fingerprint density at radius 2 is 2.22 bits per heavy atom. The summed E-state index contributed by atoms with van der Waals surface area (Å²) in [5, 5.41) is 0. The third-order valence-corrected chi connectivity index (χ3v) is 2.79. The van der Waals surface area contributed by atoms with Gasteiger partial charge >= 0.3 is 5.97 Å². The van der Waals surface area contributed by atoms with Crippen LogP contribution in [0.15, 0.2) is 24.5 Å². The number of benzene rings is 1. The van der Waals surface area contributed by atoms with Crippen LogP contribution >= 0.6 is 0 Å². The van der Waals surface area contributed by atoms with Crippen LogP contribution in [0.2, 0.25) is 0 Å². The molecule has 1 aromatic carbocycles. The van der Waals surface area contributed by atoms with Crippen LogP contribution in [0, 0.1) is 0 Å². The van der Waals surface area contributed by atoms with E-state index >= 15 is 0 Å². The number of aromatic nitrogens is 2. The molecule has 5 nitrogen and oxygen atoms in total. The third-order valence-electron chi connectivity index (χ3n) is 2.79. The number of carbonyl (C=O) groups is 1. The lowest BCUT2D eigenvalue weighted by Crippen LogP contribution is -2.03. The summed E-state index contributed by atoms with van der Waals surface area (Å²) in [6.07, 6.45) is 2.69. The number of fused-ring (bicyclic) bond motifs is 1. The Kier molecular flexibility index (Phi) is 3.94. The molecule has 0 unspecified atom stereocenters. The Labute approximate surface area is 105 Å². The monoisotopic (exact) mass is 248 g/mol. The van der Waals surface area contributed by atoms with Crippen molar-refractivity contribution in [1.29, 1.82) is 0 Å². The molecule has 0 fully saturated rings. The molecule has 0 radical (unpaired) electrons. The zero-order valence-electron chi connectivity index (χ0n) is 10.5. The van der Waals surface area contributed by atoms with Gasteiger partial charge in [0, 0.05) is 20.3 Å². The van der Waals surface area contributed by atoms with Crippen molar-refractivity contribution >= 4 is 17.0 Å². The molecule has 0 saturated carbocycles. The molecule has 0 aliphatic rings. The van der Waals surface area contributed by atoms with Gasteiger partial charge in [-0.05, 0) is 24.6 Å². The van der Waals surface area contributed by atoms with E-state index in [1.54, 1.807) is 25.6 Å². The normalized spacial score (nSPS) is 10.8. The molecule has 0 aliphatic carbocycles. The van der Waals surface area contributed by atoms with Crippen molar-refractivity contribution in [1.82, 2.24) is 9.55 Å². The highest BCUT2D eigenvalue weighted by atomic mass is 16.5. The fourth-order valence-corrected chi connectivity index (χ4v) is 1.86. The maximum absolute atomic E-state index is 11.5. The molecule has 0 amide bonds. The van der Waals surface area contributed by atoms with Crippen molar-refractivity contribution in [3.05, 3.63) is 30.1 Å². The molecule has 5 heteroatoms. The fraction of sp³-hybridized carbons (Fsp3) is 0.385. The van der Waals surface area contributed by atoms with Gasteiger partial charge in [-0.1, -0.05) is 0 Å². The van der Waals surface area contributed by atoms with Gasteiger partial charge in [-0.15, -0.1) is 0 Å². The predicted molar refractivity (Wildman–Crippen MR) is 67.6 cm³/mol. The van der Waals surface area contributed by atoms with Gasteiger partial charge in [-0.25, -0.2) is 9.78 Å². The quantitative estimate of drug-likeness (QED) is 0.598. The topological polar surface area (TPSA) is 53.4 Å². The molecule has 96 valence electrons. The second-order valence-corrected chi connectivity index (χ2v) is 3.98. The largest absolute Gasteiger partial charge is 0.465 e. The Balaban J connectivity index is 2.28. The second kappa shape index (κ2) is 5.64. The molecular weight excluding hydrogens is 232 g/mol. The number of carbonyl (C=O) groups excluding carboxylic acids is 1. The first-order valence-corrected chi connectivity index (χ1v) is 5.78. The standard InChI is InChI=1S/C13H16N2O3/c1-17-7-3-6-15-9-14-11-5-4-10(8-12(11)15)13(16)18-2/h4-5,8-9H,3,6-7H2,1-2H3. The Bertz CT molecular complexity index is 548. The summed E-state index contributed by atoms with van der Waals surface area (Å²) in [5.41, 5.74) is 2.35. The molecule has 0 saturated heterocycles. The minimum absolute atomic E-state index is 0.332. The molecule has 1 aromatic heterocycles. The summed E-state index contributed by atoms with van der Waals surface area (Å²) in [7, 11) is 3.06. The first kappa shape index (κ1) is 12.6. The van der Waals surface area contributed by atoms with Crippen molar-refractivity contribution in [3.8, 4) is 0 Å². The number of hydrogen-bond acceptors (Lipinski definition) is 4. The number of esters is 1. The highest BCUT2D eigenvalue weighted by molar-refractivity contribution is 5.93. The maximum atomic E-state index is 11.5. The van der Waals surface area contributed by atoms with Crippen LogP contribution in [0.3, 0.4) is 0 Å². The van der Waals surface area contributed by atoms with Gasteiger partial charge in [0.1, 0.15) is 0 Å². The van der Waals surface area contributed by atoms with Crippen LogP contribution in [0.25, 0.3) is 11.0 Å². The molecule has 0 spiro atoms. The molecule has 2 rings (SSSR count). The first-order valence-electron chi connectivity index (χ1n) is 5.78. The number of rotatable bonds is 5. The highest BCUT2D eigenvalue weighted by Gasteiger charge is 2.09. The number of methoxy groups -OCH3 is 2. The predicted octanol–water partition coefficient (Wildman–Crippen LogP) is 1.86. The van der Waals surface area contributed by atoms with E-state index in [1.807, 2.05) is 10.6 Å². The third kappa shape index (κ3) is 2.51. The van der Waals surface area contributed by atoms with E-state index in [1.165, 1.54) is 7.11 Å². The molecular formula is C13H16N2O3. The zero-order chi connectivity index (χ0) is 13.0. The van der Waals surface area contributed by atoms with E-state index in [0.717, 1.165) is 24.0 Å². The van der Waals surface area contributed by atoms with Crippen LogP contribution < -0.4 is 0 Å². The molecule has 2 aromatic rings. The van der Waals surface area contributed by atoms with Crippen LogP contribution in [0.4, 0.5) is 0 Å². The van der Waals surface area contributed by atoms with Gasteiger partial charge in [0.15, 0.2) is 0 Å². The smallest absolute Gasteiger partial charge is 0.337 e. The highest BCUT2D eigenvalue weighted by Crippen LogP contribution is 2.16. The van der Waals surface area contributed by atoms with E-state index < -0.39 is 0 Å².